The number of benzene rings is 2. The normalized spacial score (nSPS) is 10.5. The Morgan fingerprint density at radius 1 is 1.22 bits per heavy atom. The molecule has 2 aromatic carbocycles. The van der Waals surface area contributed by atoms with E-state index in [9.17, 15) is 4.79 Å². The predicted octanol–water partition coefficient (Wildman–Crippen LogP) is 3.95. The van der Waals surface area contributed by atoms with Crippen LogP contribution in [0, 0.1) is 10.5 Å². The maximum atomic E-state index is 12.3. The Kier molecular flexibility index (Phi) is 7.66. The third-order valence-corrected chi connectivity index (χ3v) is 4.38. The summed E-state index contributed by atoms with van der Waals surface area (Å²) in [7, 11) is 3.09. The van der Waals surface area contributed by atoms with Crippen LogP contribution in [0.1, 0.15) is 21.5 Å². The number of methoxy groups -OCH3 is 2. The second-order valence-electron chi connectivity index (χ2n) is 5.54. The highest BCUT2D eigenvalue weighted by atomic mass is 127. The third-order valence-electron chi connectivity index (χ3n) is 3.58. The second kappa shape index (κ2) is 9.96. The van der Waals surface area contributed by atoms with E-state index < -0.39 is 0 Å². The van der Waals surface area contributed by atoms with Gasteiger partial charge < -0.3 is 14.2 Å². The standard InChI is InChI=1S/C20H21IN2O4/c1-5-8-27-19-16(21)10-14(11-18(19)26-4)12-22-23-20(24)15-7-6-13(2)9-17(15)25-3/h5-7,9-12H,1,8H2,2-4H3,(H,23,24). The molecule has 2 rings (SSSR count). The van der Waals surface area contributed by atoms with Crippen molar-refractivity contribution >= 4 is 34.7 Å². The van der Waals surface area contributed by atoms with E-state index in [0.29, 0.717) is 29.4 Å². The van der Waals surface area contributed by atoms with E-state index in [1.807, 2.05) is 19.1 Å². The Morgan fingerprint density at radius 2 is 1.96 bits per heavy atom. The van der Waals surface area contributed by atoms with Crippen LogP contribution in [-0.4, -0.2) is 32.9 Å². The van der Waals surface area contributed by atoms with Gasteiger partial charge in [0.05, 0.1) is 29.6 Å². The van der Waals surface area contributed by atoms with Gasteiger partial charge in [0.15, 0.2) is 11.5 Å². The van der Waals surface area contributed by atoms with Crippen molar-refractivity contribution in [3.05, 3.63) is 63.2 Å². The summed E-state index contributed by atoms with van der Waals surface area (Å²) in [6.07, 6.45) is 3.21. The lowest BCUT2D eigenvalue weighted by molar-refractivity contribution is 0.0952. The first-order valence-corrected chi connectivity index (χ1v) is 9.17. The van der Waals surface area contributed by atoms with Crippen molar-refractivity contribution in [3.63, 3.8) is 0 Å². The zero-order valence-electron chi connectivity index (χ0n) is 15.4. The monoisotopic (exact) mass is 480 g/mol. The van der Waals surface area contributed by atoms with Gasteiger partial charge in [-0.2, -0.15) is 5.10 Å². The van der Waals surface area contributed by atoms with Gasteiger partial charge in [-0.3, -0.25) is 4.79 Å². The largest absolute Gasteiger partial charge is 0.496 e. The predicted molar refractivity (Wildman–Crippen MR) is 114 cm³/mol. The number of ether oxygens (including phenoxy) is 3. The Labute approximate surface area is 172 Å². The topological polar surface area (TPSA) is 69.2 Å². The molecule has 0 aliphatic heterocycles. The van der Waals surface area contributed by atoms with Crippen LogP contribution in [0.2, 0.25) is 0 Å². The molecule has 7 heteroatoms. The quantitative estimate of drug-likeness (QED) is 0.269. The minimum atomic E-state index is -0.351. The van der Waals surface area contributed by atoms with E-state index in [-0.39, 0.29) is 5.91 Å². The zero-order chi connectivity index (χ0) is 19.8. The number of nitrogens with zero attached hydrogens (tertiary/aromatic N) is 1. The number of carbonyl (C=O) groups excluding carboxylic acids is 1. The van der Waals surface area contributed by atoms with E-state index >= 15 is 0 Å². The third kappa shape index (κ3) is 5.46. The van der Waals surface area contributed by atoms with Crippen molar-refractivity contribution in [3.8, 4) is 17.2 Å². The average molecular weight is 480 g/mol. The zero-order valence-corrected chi connectivity index (χ0v) is 17.6. The molecule has 0 aromatic heterocycles. The van der Waals surface area contributed by atoms with E-state index in [1.54, 1.807) is 37.6 Å². The summed E-state index contributed by atoms with van der Waals surface area (Å²) in [4.78, 5) is 12.3. The summed E-state index contributed by atoms with van der Waals surface area (Å²) in [5.74, 6) is 1.37. The van der Waals surface area contributed by atoms with Gasteiger partial charge in [-0.15, -0.1) is 0 Å². The van der Waals surface area contributed by atoms with E-state index in [1.165, 1.54) is 7.11 Å². The lowest BCUT2D eigenvalue weighted by atomic mass is 10.1. The molecule has 0 bridgehead atoms. The van der Waals surface area contributed by atoms with Gasteiger partial charge in [-0.1, -0.05) is 18.7 Å². The highest BCUT2D eigenvalue weighted by molar-refractivity contribution is 14.1. The highest BCUT2D eigenvalue weighted by Crippen LogP contribution is 2.33. The van der Waals surface area contributed by atoms with Crippen molar-refractivity contribution in [1.29, 1.82) is 0 Å². The highest BCUT2D eigenvalue weighted by Gasteiger charge is 2.12. The van der Waals surface area contributed by atoms with Gasteiger partial charge in [0, 0.05) is 0 Å². The number of nitrogens with one attached hydrogen (secondary N) is 1. The van der Waals surface area contributed by atoms with Gasteiger partial charge in [-0.25, -0.2) is 5.43 Å². The molecule has 0 aliphatic carbocycles. The SMILES string of the molecule is C=CCOc1c(I)cc(C=NNC(=O)c2ccc(C)cc2OC)cc1OC. The van der Waals surface area contributed by atoms with Crippen LogP contribution in [0.25, 0.3) is 0 Å². The number of aryl methyl sites for hydroxylation is 1. The van der Waals surface area contributed by atoms with Gasteiger partial charge in [-0.05, 0) is 64.9 Å². The Hall–Kier alpha value is -2.55. The molecule has 27 heavy (non-hydrogen) atoms. The van der Waals surface area contributed by atoms with E-state index in [2.05, 4.69) is 39.7 Å². The maximum Gasteiger partial charge on any atom is 0.275 e. The number of hydrogen-bond acceptors (Lipinski definition) is 5. The van der Waals surface area contributed by atoms with Crippen molar-refractivity contribution in [2.24, 2.45) is 5.10 Å². The number of halogens is 1. The minimum Gasteiger partial charge on any atom is -0.496 e. The van der Waals surface area contributed by atoms with Crippen LogP contribution in [0.3, 0.4) is 0 Å². The number of rotatable bonds is 8. The fraction of sp³-hybridized carbons (Fsp3) is 0.200. The number of carbonyl (C=O) groups is 1. The summed E-state index contributed by atoms with van der Waals surface area (Å²) in [6.45, 7) is 5.95. The summed E-state index contributed by atoms with van der Waals surface area (Å²) < 4.78 is 17.1. The number of amides is 1. The van der Waals surface area contributed by atoms with Crippen LogP contribution < -0.4 is 19.6 Å². The molecule has 2 aromatic rings. The summed E-state index contributed by atoms with van der Waals surface area (Å²) in [6, 6.07) is 9.01. The summed E-state index contributed by atoms with van der Waals surface area (Å²) in [5, 5.41) is 4.03. The Bertz CT molecular complexity index is 865. The summed E-state index contributed by atoms with van der Waals surface area (Å²) >= 11 is 2.16. The van der Waals surface area contributed by atoms with Crippen LogP contribution in [0.5, 0.6) is 17.2 Å². The van der Waals surface area contributed by atoms with Crippen molar-refractivity contribution in [2.45, 2.75) is 6.92 Å². The molecule has 0 heterocycles. The van der Waals surface area contributed by atoms with Crippen LogP contribution in [0.4, 0.5) is 0 Å². The molecule has 0 spiro atoms. The molecule has 0 atom stereocenters. The number of hydrazone groups is 1. The first-order chi connectivity index (χ1) is 13.0. The fourth-order valence-corrected chi connectivity index (χ4v) is 3.09. The molecule has 0 saturated heterocycles. The van der Waals surface area contributed by atoms with Crippen molar-refractivity contribution in [1.82, 2.24) is 5.43 Å². The molecule has 6 nitrogen and oxygen atoms in total. The molecule has 0 fully saturated rings. The van der Waals surface area contributed by atoms with Crippen LogP contribution in [-0.2, 0) is 0 Å². The minimum absolute atomic E-state index is 0.351. The molecule has 1 amide bonds. The summed E-state index contributed by atoms with van der Waals surface area (Å²) in [5.41, 5.74) is 4.70. The van der Waals surface area contributed by atoms with Gasteiger partial charge >= 0.3 is 0 Å². The fourth-order valence-electron chi connectivity index (χ4n) is 2.31. The first kappa shape index (κ1) is 20.8. The maximum absolute atomic E-state index is 12.3. The average Bonchev–Trinajstić information content (AvgIpc) is 2.66. The van der Waals surface area contributed by atoms with Gasteiger partial charge in [0.1, 0.15) is 12.4 Å². The van der Waals surface area contributed by atoms with E-state index in [0.717, 1.165) is 14.7 Å². The lowest BCUT2D eigenvalue weighted by Gasteiger charge is -2.12. The van der Waals surface area contributed by atoms with Crippen molar-refractivity contribution in [2.75, 3.05) is 20.8 Å². The molecule has 142 valence electrons. The van der Waals surface area contributed by atoms with Crippen molar-refractivity contribution < 1.29 is 19.0 Å². The van der Waals surface area contributed by atoms with Crippen LogP contribution in [0.15, 0.2) is 48.1 Å². The van der Waals surface area contributed by atoms with E-state index in [4.69, 9.17) is 14.2 Å². The first-order valence-electron chi connectivity index (χ1n) is 8.09. The molecule has 1 N–H and O–H groups in total. The second-order valence-corrected chi connectivity index (χ2v) is 6.70. The smallest absolute Gasteiger partial charge is 0.275 e. The molecule has 0 radical (unpaired) electrons. The molecular weight excluding hydrogens is 459 g/mol. The number of hydrogen-bond donors (Lipinski definition) is 1. The lowest BCUT2D eigenvalue weighted by Crippen LogP contribution is -2.18. The molecule has 0 saturated carbocycles. The molecule has 0 unspecified atom stereocenters. The Morgan fingerprint density at radius 3 is 2.63 bits per heavy atom. The van der Waals surface area contributed by atoms with Gasteiger partial charge in [0.2, 0.25) is 0 Å². The van der Waals surface area contributed by atoms with Crippen LogP contribution >= 0.6 is 22.6 Å². The Balaban J connectivity index is 2.15. The molecular formula is C20H21IN2O4. The molecule has 0 aliphatic rings. The van der Waals surface area contributed by atoms with Gasteiger partial charge in [0.25, 0.3) is 5.91 Å².